The number of hydrazine groups is 1. The van der Waals surface area contributed by atoms with E-state index in [1.165, 1.54) is 10.8 Å². The number of amides is 1. The van der Waals surface area contributed by atoms with Gasteiger partial charge in [0.15, 0.2) is 0 Å². The van der Waals surface area contributed by atoms with Crippen molar-refractivity contribution in [3.63, 3.8) is 0 Å². The van der Waals surface area contributed by atoms with Crippen molar-refractivity contribution in [2.45, 2.75) is 18.2 Å². The van der Waals surface area contributed by atoms with Crippen LogP contribution in [0.25, 0.3) is 0 Å². The molecule has 1 amide bonds. The molecule has 1 rings (SSSR count). The summed E-state index contributed by atoms with van der Waals surface area (Å²) >= 11 is 1.13. The van der Waals surface area contributed by atoms with Gasteiger partial charge in [0.25, 0.3) is 5.91 Å². The molecule has 1 aromatic rings. The first-order valence-electron chi connectivity index (χ1n) is 4.59. The molecule has 4 N–H and O–H groups in total. The highest BCUT2D eigenvalue weighted by Crippen LogP contribution is 2.20. The summed E-state index contributed by atoms with van der Waals surface area (Å²) in [6, 6.07) is 0. The van der Waals surface area contributed by atoms with Gasteiger partial charge >= 0.3 is 0 Å². The summed E-state index contributed by atoms with van der Waals surface area (Å²) in [5.74, 6) is 4.35. The summed E-state index contributed by atoms with van der Waals surface area (Å²) in [5.41, 5.74) is 1.98. The molecule has 0 aromatic carbocycles. The number of carbonyl (C=O) groups is 1. The molecule has 8 heteroatoms. The van der Waals surface area contributed by atoms with Crippen molar-refractivity contribution in [2.24, 2.45) is 5.84 Å². The van der Waals surface area contributed by atoms with E-state index in [4.69, 9.17) is 5.84 Å². The van der Waals surface area contributed by atoms with Gasteiger partial charge in [0, 0.05) is 17.3 Å². The highest BCUT2D eigenvalue weighted by Gasteiger charge is 2.22. The number of hydrogen-bond donors (Lipinski definition) is 3. The van der Waals surface area contributed by atoms with Crippen molar-refractivity contribution in [1.82, 2.24) is 10.1 Å². The Balaban J connectivity index is 3.04. The highest BCUT2D eigenvalue weighted by molar-refractivity contribution is 7.89. The first kappa shape index (κ1) is 13.1. The van der Waals surface area contributed by atoms with Crippen LogP contribution in [-0.4, -0.2) is 20.9 Å². The predicted molar refractivity (Wildman–Crippen MR) is 61.5 cm³/mol. The minimum Gasteiger partial charge on any atom is -0.290 e. The Morgan fingerprint density at radius 3 is 2.75 bits per heavy atom. The maximum Gasteiger partial charge on any atom is 0.267 e. The number of nitrogen functional groups attached to an aromatic ring is 1. The molecule has 1 aromatic heterocycles. The number of rotatable bonds is 5. The van der Waals surface area contributed by atoms with Crippen molar-refractivity contribution >= 4 is 27.3 Å². The standard InChI is InChI=1S/C8H13N3O3S2/c1-2-3-10-16(13,14)7-5-15-4-6(7)8(12)11-9/h4-5,10H,2-3,9H2,1H3,(H,11,12). The summed E-state index contributed by atoms with van der Waals surface area (Å²) in [6.45, 7) is 2.19. The van der Waals surface area contributed by atoms with Crippen LogP contribution in [0.2, 0.25) is 0 Å². The van der Waals surface area contributed by atoms with Crippen LogP contribution in [-0.2, 0) is 10.0 Å². The average molecular weight is 263 g/mol. The van der Waals surface area contributed by atoms with Crippen molar-refractivity contribution in [1.29, 1.82) is 0 Å². The summed E-state index contributed by atoms with van der Waals surface area (Å²) < 4.78 is 25.9. The van der Waals surface area contributed by atoms with Crippen LogP contribution in [0.5, 0.6) is 0 Å². The Kier molecular flexibility index (Phi) is 4.42. The van der Waals surface area contributed by atoms with Gasteiger partial charge in [0.05, 0.1) is 5.56 Å². The highest BCUT2D eigenvalue weighted by atomic mass is 32.2. The predicted octanol–water partition coefficient (Wildman–Crippen LogP) is 0.0399. The fourth-order valence-electron chi connectivity index (χ4n) is 1.05. The van der Waals surface area contributed by atoms with Gasteiger partial charge in [-0.05, 0) is 6.42 Å². The molecule has 0 fully saturated rings. The molecule has 0 bridgehead atoms. The van der Waals surface area contributed by atoms with Gasteiger partial charge in [-0.3, -0.25) is 10.2 Å². The minimum atomic E-state index is -3.62. The molecular weight excluding hydrogens is 250 g/mol. The number of nitrogens with one attached hydrogen (secondary N) is 2. The molecule has 1 heterocycles. The lowest BCUT2D eigenvalue weighted by atomic mass is 10.3. The molecule has 0 spiro atoms. The van der Waals surface area contributed by atoms with E-state index < -0.39 is 15.9 Å². The number of nitrogens with two attached hydrogens (primary N) is 1. The lowest BCUT2D eigenvalue weighted by Crippen LogP contribution is -2.32. The molecule has 0 radical (unpaired) electrons. The fourth-order valence-corrected chi connectivity index (χ4v) is 3.56. The fraction of sp³-hybridized carbons (Fsp3) is 0.375. The van der Waals surface area contributed by atoms with Crippen LogP contribution >= 0.6 is 11.3 Å². The van der Waals surface area contributed by atoms with E-state index in [2.05, 4.69) is 4.72 Å². The van der Waals surface area contributed by atoms with Gasteiger partial charge in [-0.15, -0.1) is 0 Å². The lowest BCUT2D eigenvalue weighted by Gasteiger charge is -2.05. The van der Waals surface area contributed by atoms with Gasteiger partial charge in [-0.25, -0.2) is 19.0 Å². The van der Waals surface area contributed by atoms with Gasteiger partial charge in [-0.1, -0.05) is 6.92 Å². The number of thiophene rings is 1. The molecule has 0 saturated heterocycles. The second-order valence-corrected chi connectivity index (χ2v) is 5.50. The van der Waals surface area contributed by atoms with Gasteiger partial charge in [0.1, 0.15) is 4.90 Å². The first-order valence-corrected chi connectivity index (χ1v) is 7.02. The minimum absolute atomic E-state index is 0.0334. The van der Waals surface area contributed by atoms with Crippen molar-refractivity contribution in [2.75, 3.05) is 6.54 Å². The van der Waals surface area contributed by atoms with Crippen LogP contribution < -0.4 is 16.0 Å². The van der Waals surface area contributed by atoms with Crippen LogP contribution in [0.4, 0.5) is 0 Å². The van der Waals surface area contributed by atoms with E-state index in [1.807, 2.05) is 12.3 Å². The van der Waals surface area contributed by atoms with E-state index in [1.54, 1.807) is 0 Å². The number of carbonyl (C=O) groups excluding carboxylic acids is 1. The summed E-state index contributed by atoms with van der Waals surface area (Å²) in [7, 11) is -3.62. The van der Waals surface area contributed by atoms with E-state index in [0.29, 0.717) is 13.0 Å². The Bertz CT molecular complexity index is 467. The maximum absolute atomic E-state index is 11.8. The number of hydrogen-bond acceptors (Lipinski definition) is 5. The van der Waals surface area contributed by atoms with Crippen LogP contribution in [0.3, 0.4) is 0 Å². The van der Waals surface area contributed by atoms with Crippen LogP contribution in [0.15, 0.2) is 15.7 Å². The average Bonchev–Trinajstić information content (AvgIpc) is 2.75. The SMILES string of the molecule is CCCNS(=O)(=O)c1cscc1C(=O)NN. The quantitative estimate of drug-likeness (QED) is 0.396. The van der Waals surface area contributed by atoms with E-state index >= 15 is 0 Å². The molecule has 0 aliphatic heterocycles. The zero-order chi connectivity index (χ0) is 12.2. The Morgan fingerprint density at radius 1 is 1.50 bits per heavy atom. The normalized spacial score (nSPS) is 11.4. The van der Waals surface area contributed by atoms with Crippen LogP contribution in [0.1, 0.15) is 23.7 Å². The Morgan fingerprint density at radius 2 is 2.19 bits per heavy atom. The van der Waals surface area contributed by atoms with Gasteiger partial charge in [0.2, 0.25) is 10.0 Å². The van der Waals surface area contributed by atoms with E-state index in [-0.39, 0.29) is 10.5 Å². The van der Waals surface area contributed by atoms with E-state index in [9.17, 15) is 13.2 Å². The smallest absolute Gasteiger partial charge is 0.267 e. The summed E-state index contributed by atoms with van der Waals surface area (Å²) in [5, 5.41) is 2.85. The van der Waals surface area contributed by atoms with Crippen molar-refractivity contribution in [3.8, 4) is 0 Å². The molecule has 0 saturated carbocycles. The Hall–Kier alpha value is -0.960. The molecule has 0 aliphatic carbocycles. The maximum atomic E-state index is 11.8. The van der Waals surface area contributed by atoms with Crippen LogP contribution in [0, 0.1) is 0 Å². The summed E-state index contributed by atoms with van der Waals surface area (Å²) in [6.07, 6.45) is 0.682. The third kappa shape index (κ3) is 2.79. The molecule has 6 nitrogen and oxygen atoms in total. The second-order valence-electron chi connectivity index (χ2n) is 3.02. The zero-order valence-corrected chi connectivity index (χ0v) is 10.3. The number of sulfonamides is 1. The van der Waals surface area contributed by atoms with E-state index in [0.717, 1.165) is 11.3 Å². The van der Waals surface area contributed by atoms with Gasteiger partial charge in [-0.2, -0.15) is 11.3 Å². The second kappa shape index (κ2) is 5.39. The molecule has 0 atom stereocenters. The molecular formula is C8H13N3O3S2. The third-order valence-electron chi connectivity index (χ3n) is 1.83. The lowest BCUT2D eigenvalue weighted by molar-refractivity contribution is 0.0951. The van der Waals surface area contributed by atoms with Crippen molar-refractivity contribution in [3.05, 3.63) is 16.3 Å². The molecule has 16 heavy (non-hydrogen) atoms. The largest absolute Gasteiger partial charge is 0.290 e. The third-order valence-corrected chi connectivity index (χ3v) is 4.23. The van der Waals surface area contributed by atoms with Gasteiger partial charge < -0.3 is 0 Å². The summed E-state index contributed by atoms with van der Waals surface area (Å²) in [4.78, 5) is 11.3. The first-order chi connectivity index (χ1) is 7.53. The molecule has 0 aliphatic rings. The van der Waals surface area contributed by atoms with Crippen molar-refractivity contribution < 1.29 is 13.2 Å². The monoisotopic (exact) mass is 263 g/mol. The zero-order valence-electron chi connectivity index (χ0n) is 8.69. The Labute approximate surface area is 97.9 Å². The molecule has 90 valence electrons. The molecule has 0 unspecified atom stereocenters. The topological polar surface area (TPSA) is 101 Å².